The van der Waals surface area contributed by atoms with E-state index in [0.717, 1.165) is 5.56 Å². The van der Waals surface area contributed by atoms with E-state index in [1.165, 1.54) is 36.5 Å². The van der Waals surface area contributed by atoms with E-state index in [1.54, 1.807) is 72.8 Å². The quantitative estimate of drug-likeness (QED) is 0.127. The Morgan fingerprint density at radius 1 is 0.780 bits per heavy atom. The number of hydrogen-bond donors (Lipinski definition) is 2. The number of ether oxygens (including phenoxy) is 2. The van der Waals surface area contributed by atoms with Crippen molar-refractivity contribution in [1.29, 1.82) is 0 Å². The highest BCUT2D eigenvalue weighted by Crippen LogP contribution is 2.26. The monoisotopic (exact) mass is 571 g/mol. The lowest BCUT2D eigenvalue weighted by Crippen LogP contribution is -2.34. The summed E-state index contributed by atoms with van der Waals surface area (Å²) in [5.41, 5.74) is 4.01. The summed E-state index contributed by atoms with van der Waals surface area (Å²) in [6.07, 6.45) is 1.21. The summed E-state index contributed by atoms with van der Waals surface area (Å²) >= 11 is 0. The van der Waals surface area contributed by atoms with Crippen molar-refractivity contribution in [2.75, 3.05) is 6.54 Å². The molecule has 0 saturated heterocycles. The molecule has 0 unspecified atom stereocenters. The lowest BCUT2D eigenvalue weighted by molar-refractivity contribution is -0.119. The smallest absolute Gasteiger partial charge is 0.343 e. The minimum Gasteiger partial charge on any atom is -0.423 e. The Morgan fingerprint density at radius 2 is 1.37 bits per heavy atom. The zero-order chi connectivity index (χ0) is 29.2. The summed E-state index contributed by atoms with van der Waals surface area (Å²) in [5.74, 6) is -1.88. The molecule has 4 aromatic rings. The highest BCUT2D eigenvalue weighted by molar-refractivity contribution is 7.89. The number of carbonyl (C=O) groups is 3. The van der Waals surface area contributed by atoms with Gasteiger partial charge in [0.25, 0.3) is 5.91 Å². The Morgan fingerprint density at radius 3 is 1.98 bits per heavy atom. The maximum absolute atomic E-state index is 12.7. The molecule has 2 N–H and O–H groups in total. The molecule has 4 aromatic carbocycles. The van der Waals surface area contributed by atoms with Crippen molar-refractivity contribution in [3.05, 3.63) is 125 Å². The Labute approximate surface area is 236 Å². The Bertz CT molecular complexity index is 1670. The van der Waals surface area contributed by atoms with Crippen LogP contribution in [0.2, 0.25) is 0 Å². The van der Waals surface area contributed by atoms with Crippen LogP contribution in [0.1, 0.15) is 31.8 Å². The van der Waals surface area contributed by atoms with E-state index in [2.05, 4.69) is 15.2 Å². The van der Waals surface area contributed by atoms with Gasteiger partial charge < -0.3 is 9.47 Å². The zero-order valence-electron chi connectivity index (χ0n) is 21.8. The number of aryl methyl sites for hydroxylation is 1. The molecule has 10 nitrogen and oxygen atoms in total. The highest BCUT2D eigenvalue weighted by atomic mass is 32.2. The Kier molecular flexibility index (Phi) is 9.35. The van der Waals surface area contributed by atoms with Crippen LogP contribution in [0.15, 0.2) is 113 Å². The van der Waals surface area contributed by atoms with Crippen LogP contribution in [-0.2, 0) is 14.8 Å². The molecule has 41 heavy (non-hydrogen) atoms. The molecule has 0 atom stereocenters. The molecular formula is C30H25N3O7S. The molecule has 0 fully saturated rings. The number of nitrogens with zero attached hydrogens (tertiary/aromatic N) is 1. The van der Waals surface area contributed by atoms with Gasteiger partial charge in [0.05, 0.1) is 28.8 Å². The molecule has 0 heterocycles. The van der Waals surface area contributed by atoms with E-state index in [4.69, 9.17) is 9.47 Å². The first-order valence-electron chi connectivity index (χ1n) is 12.3. The normalized spacial score (nSPS) is 11.1. The van der Waals surface area contributed by atoms with Crippen molar-refractivity contribution in [3.8, 4) is 11.5 Å². The maximum Gasteiger partial charge on any atom is 0.343 e. The Balaban J connectivity index is 1.46. The van der Waals surface area contributed by atoms with Crippen molar-refractivity contribution in [1.82, 2.24) is 10.1 Å². The summed E-state index contributed by atoms with van der Waals surface area (Å²) < 4.78 is 38.0. The number of sulfonamides is 1. The van der Waals surface area contributed by atoms with Crippen LogP contribution in [0.4, 0.5) is 0 Å². The predicted octanol–water partition coefficient (Wildman–Crippen LogP) is 3.86. The van der Waals surface area contributed by atoms with E-state index >= 15 is 0 Å². The first-order valence-corrected chi connectivity index (χ1v) is 13.8. The van der Waals surface area contributed by atoms with Gasteiger partial charge in [0.1, 0.15) is 11.5 Å². The minimum absolute atomic E-state index is 0.00953. The standard InChI is InChI=1S/C30H25N3O7S/c1-21-12-16-26(17-13-21)41(37,38)32-20-28(34)33-31-19-24-14-15-25(39-29(35)22-8-4-2-5-9-22)18-27(24)40-30(36)23-10-6-3-7-11-23/h2-19,32H,20H2,1H3,(H,33,34)/b31-19-. The van der Waals surface area contributed by atoms with Crippen LogP contribution in [0.5, 0.6) is 11.5 Å². The van der Waals surface area contributed by atoms with Gasteiger partial charge in [0.15, 0.2) is 0 Å². The van der Waals surface area contributed by atoms with Gasteiger partial charge in [-0.25, -0.2) is 28.2 Å². The van der Waals surface area contributed by atoms with Gasteiger partial charge >= 0.3 is 11.9 Å². The summed E-state index contributed by atoms with van der Waals surface area (Å²) in [7, 11) is -3.89. The first-order chi connectivity index (χ1) is 19.7. The maximum atomic E-state index is 12.7. The minimum atomic E-state index is -3.89. The lowest BCUT2D eigenvalue weighted by atomic mass is 10.2. The molecular weight excluding hydrogens is 546 g/mol. The summed E-state index contributed by atoms with van der Waals surface area (Å²) in [6, 6.07) is 27.1. The second-order valence-electron chi connectivity index (χ2n) is 8.64. The molecule has 0 radical (unpaired) electrons. The van der Waals surface area contributed by atoms with E-state index in [-0.39, 0.29) is 27.5 Å². The van der Waals surface area contributed by atoms with Crippen molar-refractivity contribution in [2.45, 2.75) is 11.8 Å². The Hall–Kier alpha value is -5.13. The summed E-state index contributed by atoms with van der Waals surface area (Å²) in [6.45, 7) is 1.27. The van der Waals surface area contributed by atoms with Gasteiger partial charge in [-0.15, -0.1) is 0 Å². The second-order valence-corrected chi connectivity index (χ2v) is 10.4. The molecule has 0 spiro atoms. The number of benzene rings is 4. The van der Waals surface area contributed by atoms with Crippen LogP contribution in [0.25, 0.3) is 0 Å². The lowest BCUT2D eigenvalue weighted by Gasteiger charge is -2.11. The first kappa shape index (κ1) is 28.9. The summed E-state index contributed by atoms with van der Waals surface area (Å²) in [5, 5.41) is 3.85. The number of hydrogen-bond acceptors (Lipinski definition) is 8. The predicted molar refractivity (Wildman–Crippen MR) is 151 cm³/mol. The molecule has 4 rings (SSSR count). The fourth-order valence-electron chi connectivity index (χ4n) is 3.42. The van der Waals surface area contributed by atoms with Gasteiger partial charge in [-0.2, -0.15) is 5.10 Å². The molecule has 0 aliphatic carbocycles. The van der Waals surface area contributed by atoms with Crippen LogP contribution in [-0.4, -0.2) is 39.0 Å². The van der Waals surface area contributed by atoms with Gasteiger partial charge in [0, 0.05) is 11.6 Å². The fourth-order valence-corrected chi connectivity index (χ4v) is 4.40. The van der Waals surface area contributed by atoms with Crippen LogP contribution < -0.4 is 19.6 Å². The van der Waals surface area contributed by atoms with E-state index in [1.807, 2.05) is 6.92 Å². The average molecular weight is 572 g/mol. The summed E-state index contributed by atoms with van der Waals surface area (Å²) in [4.78, 5) is 37.4. The molecule has 0 aromatic heterocycles. The van der Waals surface area contributed by atoms with Crippen molar-refractivity contribution in [3.63, 3.8) is 0 Å². The third kappa shape index (κ3) is 8.18. The number of nitrogens with one attached hydrogen (secondary N) is 2. The molecule has 0 bridgehead atoms. The van der Waals surface area contributed by atoms with Gasteiger partial charge in [-0.05, 0) is 55.5 Å². The van der Waals surface area contributed by atoms with Crippen LogP contribution in [0, 0.1) is 6.92 Å². The SMILES string of the molecule is Cc1ccc(S(=O)(=O)NCC(=O)N/N=C\c2ccc(OC(=O)c3ccccc3)cc2OC(=O)c2ccccc2)cc1. The number of amides is 1. The molecule has 208 valence electrons. The van der Waals surface area contributed by atoms with Crippen molar-refractivity contribution >= 4 is 34.1 Å². The molecule has 0 aliphatic heterocycles. The number of rotatable bonds is 10. The van der Waals surface area contributed by atoms with Crippen LogP contribution in [0.3, 0.4) is 0 Å². The number of hydrazone groups is 1. The molecule has 0 aliphatic rings. The third-order valence-corrected chi connectivity index (χ3v) is 6.98. The second kappa shape index (κ2) is 13.3. The molecule has 11 heteroatoms. The topological polar surface area (TPSA) is 140 Å². The van der Waals surface area contributed by atoms with E-state index < -0.39 is 34.4 Å². The van der Waals surface area contributed by atoms with E-state index in [0.29, 0.717) is 5.56 Å². The van der Waals surface area contributed by atoms with Gasteiger partial charge in [-0.1, -0.05) is 54.1 Å². The zero-order valence-corrected chi connectivity index (χ0v) is 22.6. The van der Waals surface area contributed by atoms with Crippen molar-refractivity contribution < 1.29 is 32.3 Å². The average Bonchev–Trinajstić information content (AvgIpc) is 2.98. The molecule has 1 amide bonds. The van der Waals surface area contributed by atoms with Crippen LogP contribution >= 0.6 is 0 Å². The third-order valence-electron chi connectivity index (χ3n) is 5.56. The van der Waals surface area contributed by atoms with Gasteiger partial charge in [0.2, 0.25) is 10.0 Å². The van der Waals surface area contributed by atoms with Gasteiger partial charge in [-0.3, -0.25) is 4.79 Å². The fraction of sp³-hybridized carbons (Fsp3) is 0.0667. The largest absolute Gasteiger partial charge is 0.423 e. The van der Waals surface area contributed by atoms with Crippen molar-refractivity contribution in [2.24, 2.45) is 5.10 Å². The highest BCUT2D eigenvalue weighted by Gasteiger charge is 2.16. The molecule has 0 saturated carbocycles. The number of carbonyl (C=O) groups excluding carboxylic acids is 3. The number of esters is 2. The van der Waals surface area contributed by atoms with E-state index in [9.17, 15) is 22.8 Å².